The Kier molecular flexibility index (Phi) is 13.5. The number of halogens is 1. The van der Waals surface area contributed by atoms with Crippen LogP contribution >= 0.6 is 12.4 Å². The Labute approximate surface area is 91.6 Å². The summed E-state index contributed by atoms with van der Waals surface area (Å²) in [6.45, 7) is 0. The first kappa shape index (κ1) is 15.9. The molecule has 0 aromatic heterocycles. The van der Waals surface area contributed by atoms with Gasteiger partial charge >= 0.3 is 61.8 Å². The van der Waals surface area contributed by atoms with E-state index in [1.165, 1.54) is 0 Å². The van der Waals surface area contributed by atoms with Crippen molar-refractivity contribution in [3.05, 3.63) is 0 Å². The molecule has 0 saturated carbocycles. The van der Waals surface area contributed by atoms with Gasteiger partial charge in [-0.25, -0.2) is 0 Å². The number of hydrogen-bond donors (Lipinski definition) is 2. The molecule has 4 nitrogen and oxygen atoms in total. The second-order valence-electron chi connectivity index (χ2n) is 0.448. The van der Waals surface area contributed by atoms with Crippen LogP contribution in [0.25, 0.3) is 0 Å². The third kappa shape index (κ3) is 81.2. The molecule has 0 aromatic carbocycles. The number of hydrogen-bond acceptors (Lipinski definition) is 2. The first-order valence-electron chi connectivity index (χ1n) is 0.698. The van der Waals surface area contributed by atoms with Gasteiger partial charge in [0.25, 0.3) is 0 Å². The quantitative estimate of drug-likeness (QED) is 0.301. The van der Waals surface area contributed by atoms with Crippen molar-refractivity contribution in [3.8, 4) is 0 Å². The van der Waals surface area contributed by atoms with Gasteiger partial charge in [0.15, 0.2) is 0 Å². The maximum Gasteiger partial charge on any atom is 1.00 e. The smallest absolute Gasteiger partial charge is 1.00 e. The molecule has 0 aliphatic rings. The average molecular weight is 175 g/mol. The molecule has 42 valence electrons. The van der Waals surface area contributed by atoms with Crippen LogP contribution in [0, 0.1) is 0 Å². The molecule has 0 aromatic rings. The fourth-order valence-corrected chi connectivity index (χ4v) is 0. The average Bonchev–Trinajstić information content (AvgIpc) is 0.722. The Balaban J connectivity index is -0.0000000267. The summed E-state index contributed by atoms with van der Waals surface area (Å²) in [4.78, 5) is 0. The van der Waals surface area contributed by atoms with Crippen LogP contribution in [-0.4, -0.2) is 17.5 Å². The van der Waals surface area contributed by atoms with Crippen LogP contribution in [0.4, 0.5) is 0 Å². The predicted molar refractivity (Wildman–Crippen MR) is 22.5 cm³/mol. The summed E-state index contributed by atoms with van der Waals surface area (Å²) in [6.07, 6.45) is 0. The molecule has 7 heteroatoms. The van der Waals surface area contributed by atoms with Crippen molar-refractivity contribution in [1.29, 1.82) is 0 Å². The SMILES string of the molecule is Cl.O=S(=O)(O)O.[H-].[K+]. The van der Waals surface area contributed by atoms with E-state index in [-0.39, 0.29) is 65.2 Å². The Morgan fingerprint density at radius 2 is 1.29 bits per heavy atom. The van der Waals surface area contributed by atoms with Gasteiger partial charge in [0.2, 0.25) is 0 Å². The van der Waals surface area contributed by atoms with Crippen molar-refractivity contribution in [2.45, 2.75) is 0 Å². The second-order valence-corrected chi connectivity index (χ2v) is 1.34. The van der Waals surface area contributed by atoms with E-state index in [0.29, 0.717) is 0 Å². The van der Waals surface area contributed by atoms with E-state index in [1.807, 2.05) is 0 Å². The van der Waals surface area contributed by atoms with E-state index in [1.54, 1.807) is 0 Å². The zero-order valence-electron chi connectivity index (χ0n) is 4.53. The van der Waals surface area contributed by atoms with E-state index in [4.69, 9.17) is 17.5 Å². The zero-order chi connectivity index (χ0) is 4.50. The van der Waals surface area contributed by atoms with Crippen LogP contribution in [0.5, 0.6) is 0 Å². The molecule has 0 heterocycles. The van der Waals surface area contributed by atoms with Crippen molar-refractivity contribution in [1.82, 2.24) is 0 Å². The van der Waals surface area contributed by atoms with E-state index in [2.05, 4.69) is 0 Å². The third-order valence-electron chi connectivity index (χ3n) is 0. The van der Waals surface area contributed by atoms with Gasteiger partial charge < -0.3 is 1.43 Å². The minimum atomic E-state index is -4.67. The van der Waals surface area contributed by atoms with E-state index in [0.717, 1.165) is 0 Å². The molecule has 0 spiro atoms. The van der Waals surface area contributed by atoms with Gasteiger partial charge in [0, 0.05) is 0 Å². The number of rotatable bonds is 0. The molecule has 7 heavy (non-hydrogen) atoms. The largest absolute Gasteiger partial charge is 1.00 e. The standard InChI is InChI=1S/ClH.K.H2O4S.H/c;;1-5(2,3)4;/h1H;;(H2,1,2,3,4);/q;+1;;-1. The molecule has 0 aliphatic carbocycles. The van der Waals surface area contributed by atoms with Crippen LogP contribution in [0.3, 0.4) is 0 Å². The predicted octanol–water partition coefficient (Wildman–Crippen LogP) is -3.11. The van der Waals surface area contributed by atoms with E-state index < -0.39 is 10.4 Å². The Hall–Kier alpha value is 1.80. The summed E-state index contributed by atoms with van der Waals surface area (Å²) in [6, 6.07) is 0. The maximum atomic E-state index is 8.74. The van der Waals surface area contributed by atoms with Crippen molar-refractivity contribution in [2.24, 2.45) is 0 Å². The van der Waals surface area contributed by atoms with Crippen molar-refractivity contribution < 1.29 is 70.3 Å². The van der Waals surface area contributed by atoms with Gasteiger partial charge in [0.05, 0.1) is 0 Å². The maximum absolute atomic E-state index is 8.74. The fraction of sp³-hybridized carbons (Fsp3) is 0. The monoisotopic (exact) mass is 174 g/mol. The summed E-state index contributed by atoms with van der Waals surface area (Å²) in [5.41, 5.74) is 0. The van der Waals surface area contributed by atoms with Gasteiger partial charge in [-0.05, 0) is 0 Å². The molecule has 0 rings (SSSR count). The Morgan fingerprint density at radius 1 is 1.29 bits per heavy atom. The molecule has 0 radical (unpaired) electrons. The summed E-state index contributed by atoms with van der Waals surface area (Å²) in [5, 5.41) is 0. The summed E-state index contributed by atoms with van der Waals surface area (Å²) < 4.78 is 31.6. The van der Waals surface area contributed by atoms with Crippen molar-refractivity contribution in [2.75, 3.05) is 0 Å². The molecular weight excluding hydrogens is 171 g/mol. The summed E-state index contributed by atoms with van der Waals surface area (Å²) >= 11 is 0. The minimum absolute atomic E-state index is 0. The summed E-state index contributed by atoms with van der Waals surface area (Å²) in [7, 11) is -4.67. The van der Waals surface area contributed by atoms with Gasteiger partial charge in [-0.1, -0.05) is 0 Å². The second kappa shape index (κ2) is 5.92. The molecule has 0 unspecified atom stereocenters. The molecule has 0 bridgehead atoms. The molecular formula is H4ClKO4S. The van der Waals surface area contributed by atoms with Crippen LogP contribution in [0.15, 0.2) is 0 Å². The van der Waals surface area contributed by atoms with Gasteiger partial charge in [-0.3, -0.25) is 9.11 Å². The Bertz CT molecular complexity index is 99.2. The van der Waals surface area contributed by atoms with Crippen LogP contribution in [0.2, 0.25) is 0 Å². The topological polar surface area (TPSA) is 74.6 Å². The molecule has 0 saturated heterocycles. The first-order chi connectivity index (χ1) is 2.00. The minimum Gasteiger partial charge on any atom is -1.00 e. The van der Waals surface area contributed by atoms with Gasteiger partial charge in [-0.2, -0.15) is 8.42 Å². The normalized spacial score (nSPS) is 8.29. The zero-order valence-corrected chi connectivity index (χ0v) is 8.28. The molecule has 0 fully saturated rings. The molecule has 0 amide bonds. The Morgan fingerprint density at radius 3 is 1.29 bits per heavy atom. The van der Waals surface area contributed by atoms with Crippen LogP contribution in [-0.2, 0) is 10.4 Å². The third-order valence-corrected chi connectivity index (χ3v) is 0. The fourth-order valence-electron chi connectivity index (χ4n) is 0. The van der Waals surface area contributed by atoms with Crippen LogP contribution < -0.4 is 51.4 Å². The molecule has 0 atom stereocenters. The molecule has 2 N–H and O–H groups in total. The van der Waals surface area contributed by atoms with E-state index >= 15 is 0 Å². The molecule has 0 aliphatic heterocycles. The van der Waals surface area contributed by atoms with Crippen molar-refractivity contribution in [3.63, 3.8) is 0 Å². The van der Waals surface area contributed by atoms with Crippen molar-refractivity contribution >= 4 is 22.8 Å². The van der Waals surface area contributed by atoms with Gasteiger partial charge in [0.1, 0.15) is 0 Å². The van der Waals surface area contributed by atoms with Crippen LogP contribution in [0.1, 0.15) is 1.43 Å². The summed E-state index contributed by atoms with van der Waals surface area (Å²) in [5.74, 6) is 0. The van der Waals surface area contributed by atoms with Gasteiger partial charge in [-0.15, -0.1) is 12.4 Å². The van der Waals surface area contributed by atoms with E-state index in [9.17, 15) is 0 Å². The first-order valence-corrected chi connectivity index (χ1v) is 2.10.